The van der Waals surface area contributed by atoms with Crippen molar-refractivity contribution in [3.63, 3.8) is 0 Å². The van der Waals surface area contributed by atoms with E-state index in [1.165, 1.54) is 29.8 Å². The van der Waals surface area contributed by atoms with Crippen LogP contribution < -0.4 is 9.80 Å². The zero-order valence-electron chi connectivity index (χ0n) is 36.6. The molecular formula is C61H42F2N4. The van der Waals surface area contributed by atoms with Crippen molar-refractivity contribution < 1.29 is 8.78 Å². The molecule has 6 heteroatoms. The molecule has 0 radical (unpaired) electrons. The van der Waals surface area contributed by atoms with Crippen LogP contribution in [0.1, 0.15) is 5.56 Å². The second-order valence-corrected chi connectivity index (χ2v) is 17.0. The summed E-state index contributed by atoms with van der Waals surface area (Å²) in [6.45, 7) is 2.11. The Hall–Kier alpha value is -8.74. The molecular weight excluding hydrogens is 827 g/mol. The number of aryl methyl sites for hydroxylation is 1. The van der Waals surface area contributed by atoms with Gasteiger partial charge < -0.3 is 18.9 Å². The topological polar surface area (TPSA) is 16.3 Å². The molecule has 67 heavy (non-hydrogen) atoms. The van der Waals surface area contributed by atoms with Gasteiger partial charge in [-0.1, -0.05) is 109 Å². The Morgan fingerprint density at radius 2 is 0.642 bits per heavy atom. The molecule has 0 spiro atoms. The van der Waals surface area contributed by atoms with Crippen molar-refractivity contribution in [1.29, 1.82) is 0 Å². The Kier molecular flexibility index (Phi) is 9.72. The maximum atomic E-state index is 14.2. The third-order valence-electron chi connectivity index (χ3n) is 12.9. The highest BCUT2D eigenvalue weighted by Crippen LogP contribution is 2.42. The number of halogens is 2. The molecule has 0 aliphatic rings. The summed E-state index contributed by atoms with van der Waals surface area (Å²) in [6, 6.07) is 80.0. The van der Waals surface area contributed by atoms with Gasteiger partial charge in [-0.3, -0.25) is 0 Å². The van der Waals surface area contributed by atoms with E-state index < -0.39 is 0 Å². The van der Waals surface area contributed by atoms with Gasteiger partial charge in [-0.25, -0.2) is 8.78 Å². The summed E-state index contributed by atoms with van der Waals surface area (Å²) < 4.78 is 32.7. The standard InChI is InChI=1S/C61H42F2N4/c1-41-15-25-47(26-16-41)65(53-36-38-57-55-12-6-8-14-59(55)67(61(57)40-53)51-33-23-45(63)24-34-51)49-29-19-43(20-30-49)42-17-27-48(28-18-42)64(46-9-3-2-4-10-46)52-35-37-56-54-11-5-7-13-58(54)66(60(56)39-52)50-31-21-44(62)22-32-50/h2-40H,1H3. The first-order valence-electron chi connectivity index (χ1n) is 22.5. The number of hydrogen-bond acceptors (Lipinski definition) is 2. The Bertz CT molecular complexity index is 3740. The second-order valence-electron chi connectivity index (χ2n) is 17.0. The van der Waals surface area contributed by atoms with E-state index in [4.69, 9.17) is 0 Å². The molecule has 2 heterocycles. The van der Waals surface area contributed by atoms with Gasteiger partial charge >= 0.3 is 0 Å². The van der Waals surface area contributed by atoms with Crippen molar-refractivity contribution in [1.82, 2.24) is 9.13 Å². The van der Waals surface area contributed by atoms with Gasteiger partial charge in [0, 0.05) is 67.0 Å². The lowest BCUT2D eigenvalue weighted by molar-refractivity contribution is 0.627. The maximum Gasteiger partial charge on any atom is 0.123 e. The fourth-order valence-electron chi connectivity index (χ4n) is 9.70. The number of nitrogens with zero attached hydrogens (tertiary/aromatic N) is 4. The van der Waals surface area contributed by atoms with Crippen LogP contribution in [0.3, 0.4) is 0 Å². The molecule has 320 valence electrons. The smallest absolute Gasteiger partial charge is 0.123 e. The summed E-state index contributed by atoms with van der Waals surface area (Å²) in [5, 5.41) is 4.55. The summed E-state index contributed by atoms with van der Waals surface area (Å²) in [5.74, 6) is -0.522. The van der Waals surface area contributed by atoms with Gasteiger partial charge in [0.25, 0.3) is 0 Å². The van der Waals surface area contributed by atoms with Crippen molar-refractivity contribution in [2.24, 2.45) is 0 Å². The SMILES string of the molecule is Cc1ccc(N(c2ccc(-c3ccc(N(c4ccccc4)c4ccc5c6ccccc6n(-c6ccc(F)cc6)c5c4)cc3)cc2)c2ccc3c4ccccc4n(-c4ccc(F)cc4)c3c2)cc1. The first kappa shape index (κ1) is 39.8. The predicted molar refractivity (Wildman–Crippen MR) is 275 cm³/mol. The molecule has 4 nitrogen and oxygen atoms in total. The maximum absolute atomic E-state index is 14.2. The molecule has 0 aliphatic heterocycles. The minimum atomic E-state index is -0.261. The van der Waals surface area contributed by atoms with E-state index in [2.05, 4.69) is 196 Å². The van der Waals surface area contributed by atoms with E-state index in [9.17, 15) is 8.78 Å². The van der Waals surface area contributed by atoms with Gasteiger partial charge in [-0.15, -0.1) is 0 Å². The first-order valence-corrected chi connectivity index (χ1v) is 22.5. The number of rotatable bonds is 9. The summed E-state index contributed by atoms with van der Waals surface area (Å²) in [6.07, 6.45) is 0. The molecule has 0 amide bonds. The molecule has 10 aromatic carbocycles. The van der Waals surface area contributed by atoms with Crippen LogP contribution >= 0.6 is 0 Å². The van der Waals surface area contributed by atoms with Crippen LogP contribution in [0.2, 0.25) is 0 Å². The summed E-state index contributed by atoms with van der Waals surface area (Å²) in [7, 11) is 0. The van der Waals surface area contributed by atoms with Gasteiger partial charge in [0.2, 0.25) is 0 Å². The van der Waals surface area contributed by atoms with Crippen molar-refractivity contribution >= 4 is 77.7 Å². The highest BCUT2D eigenvalue weighted by atomic mass is 19.1. The van der Waals surface area contributed by atoms with Gasteiger partial charge in [0.1, 0.15) is 11.6 Å². The van der Waals surface area contributed by atoms with Crippen LogP contribution in [0.25, 0.3) is 66.1 Å². The van der Waals surface area contributed by atoms with Crippen LogP contribution in [-0.2, 0) is 0 Å². The molecule has 0 unspecified atom stereocenters. The van der Waals surface area contributed by atoms with Crippen LogP contribution in [0, 0.1) is 18.6 Å². The molecule has 0 atom stereocenters. The monoisotopic (exact) mass is 868 g/mol. The van der Waals surface area contributed by atoms with Gasteiger partial charge in [0.15, 0.2) is 0 Å². The second kappa shape index (κ2) is 16.4. The predicted octanol–water partition coefficient (Wildman–Crippen LogP) is 17.1. The van der Waals surface area contributed by atoms with Gasteiger partial charge in [0.05, 0.1) is 22.1 Å². The molecule has 0 saturated carbocycles. The fourth-order valence-corrected chi connectivity index (χ4v) is 9.70. The van der Waals surface area contributed by atoms with Crippen LogP contribution in [0.4, 0.5) is 42.9 Å². The van der Waals surface area contributed by atoms with E-state index >= 15 is 0 Å². The first-order chi connectivity index (χ1) is 32.9. The van der Waals surface area contributed by atoms with E-state index in [0.29, 0.717) is 0 Å². The average Bonchev–Trinajstić information content (AvgIpc) is 3.88. The van der Waals surface area contributed by atoms with Crippen LogP contribution in [-0.4, -0.2) is 9.13 Å². The molecule has 0 bridgehead atoms. The molecule has 0 saturated heterocycles. The normalized spacial score (nSPS) is 11.5. The zero-order valence-corrected chi connectivity index (χ0v) is 36.6. The Balaban J connectivity index is 0.917. The van der Waals surface area contributed by atoms with Crippen LogP contribution in [0.5, 0.6) is 0 Å². The van der Waals surface area contributed by atoms with Crippen molar-refractivity contribution in [3.8, 4) is 22.5 Å². The molecule has 0 N–H and O–H groups in total. The third-order valence-corrected chi connectivity index (χ3v) is 12.9. The molecule has 0 aliphatic carbocycles. The lowest BCUT2D eigenvalue weighted by Crippen LogP contribution is -2.10. The zero-order chi connectivity index (χ0) is 45.0. The molecule has 12 rings (SSSR count). The number of anilines is 6. The molecule has 0 fully saturated rings. The number of para-hydroxylation sites is 3. The lowest BCUT2D eigenvalue weighted by Gasteiger charge is -2.26. The highest BCUT2D eigenvalue weighted by molar-refractivity contribution is 6.11. The third kappa shape index (κ3) is 7.07. The average molecular weight is 869 g/mol. The van der Waals surface area contributed by atoms with Crippen molar-refractivity contribution in [3.05, 3.63) is 254 Å². The molecule has 12 aromatic rings. The van der Waals surface area contributed by atoms with Crippen molar-refractivity contribution in [2.75, 3.05) is 9.80 Å². The summed E-state index contributed by atoms with van der Waals surface area (Å²) >= 11 is 0. The van der Waals surface area contributed by atoms with Gasteiger partial charge in [-0.05, 0) is 152 Å². The minimum Gasteiger partial charge on any atom is -0.310 e. The number of benzene rings is 10. The quantitative estimate of drug-likeness (QED) is 0.144. The molecule has 2 aromatic heterocycles. The van der Waals surface area contributed by atoms with E-state index in [1.54, 1.807) is 0 Å². The number of hydrogen-bond donors (Lipinski definition) is 0. The van der Waals surface area contributed by atoms with E-state index in [1.807, 2.05) is 42.5 Å². The van der Waals surface area contributed by atoms with Gasteiger partial charge in [-0.2, -0.15) is 0 Å². The summed E-state index contributed by atoms with van der Waals surface area (Å²) in [4.78, 5) is 4.58. The Labute approximate surface area is 387 Å². The summed E-state index contributed by atoms with van der Waals surface area (Å²) in [5.41, 5.74) is 15.6. The highest BCUT2D eigenvalue weighted by Gasteiger charge is 2.20. The minimum absolute atomic E-state index is 0.261. The fraction of sp³-hybridized carbons (Fsp3) is 0.0164. The number of aromatic nitrogens is 2. The van der Waals surface area contributed by atoms with E-state index in [0.717, 1.165) is 100 Å². The van der Waals surface area contributed by atoms with E-state index in [-0.39, 0.29) is 11.6 Å². The largest absolute Gasteiger partial charge is 0.310 e. The van der Waals surface area contributed by atoms with Crippen LogP contribution in [0.15, 0.2) is 237 Å². The Morgan fingerprint density at radius 3 is 1.07 bits per heavy atom. The lowest BCUT2D eigenvalue weighted by atomic mass is 10.0. The Morgan fingerprint density at radius 1 is 0.299 bits per heavy atom. The number of fused-ring (bicyclic) bond motifs is 6. The van der Waals surface area contributed by atoms with Crippen molar-refractivity contribution in [2.45, 2.75) is 6.92 Å².